The molecule has 0 atom stereocenters. The zero-order valence-corrected chi connectivity index (χ0v) is 36.8. The molecule has 0 unspecified atom stereocenters. The van der Waals surface area contributed by atoms with Gasteiger partial charge in [-0.15, -0.1) is 0 Å². The molecule has 0 aliphatic carbocycles. The first-order valence-corrected chi connectivity index (χ1v) is 24.3. The Morgan fingerprint density at radius 3 is 1.24 bits per heavy atom. The van der Waals surface area contributed by atoms with Gasteiger partial charge in [0.15, 0.2) is 0 Å². The third-order valence-electron chi connectivity index (χ3n) is 11.2. The molecule has 0 radical (unpaired) electrons. The minimum Gasteiger partial charge on any atom is -0.466 e. The highest BCUT2D eigenvalue weighted by atomic mass is 16.5. The van der Waals surface area contributed by atoms with Gasteiger partial charge in [-0.3, -0.25) is 9.59 Å². The summed E-state index contributed by atoms with van der Waals surface area (Å²) in [5.41, 5.74) is 0. The van der Waals surface area contributed by atoms with Gasteiger partial charge in [0.1, 0.15) is 6.10 Å². The molecule has 6 heteroatoms. The fourth-order valence-electron chi connectivity index (χ4n) is 7.54. The Morgan fingerprint density at radius 1 is 0.426 bits per heavy atom. The van der Waals surface area contributed by atoms with Crippen LogP contribution in [0.2, 0.25) is 0 Å². The van der Waals surface area contributed by atoms with Crippen LogP contribution in [-0.4, -0.2) is 60.9 Å². The third kappa shape index (κ3) is 40.5. The van der Waals surface area contributed by atoms with Gasteiger partial charge in [0.2, 0.25) is 0 Å². The predicted octanol–water partition coefficient (Wildman–Crippen LogP) is 14.2. The summed E-state index contributed by atoms with van der Waals surface area (Å²) in [6, 6.07) is 0. The lowest BCUT2D eigenvalue weighted by molar-refractivity contribution is -0.150. The lowest BCUT2D eigenvalue weighted by Crippen LogP contribution is -2.27. The molecule has 322 valence electrons. The lowest BCUT2D eigenvalue weighted by Gasteiger charge is -2.22. The van der Waals surface area contributed by atoms with Crippen molar-refractivity contribution in [3.8, 4) is 0 Å². The van der Waals surface area contributed by atoms with Gasteiger partial charge >= 0.3 is 11.9 Å². The van der Waals surface area contributed by atoms with Gasteiger partial charge < -0.3 is 19.5 Å². The van der Waals surface area contributed by atoms with Gasteiger partial charge in [-0.25, -0.2) is 0 Å². The Labute approximate surface area is 337 Å². The Bertz CT molecular complexity index is 745. The molecule has 0 rings (SSSR count). The van der Waals surface area contributed by atoms with Crippen LogP contribution in [0.25, 0.3) is 0 Å². The summed E-state index contributed by atoms with van der Waals surface area (Å²) in [4.78, 5) is 27.6. The Kier molecular flexibility index (Phi) is 43.6. The van der Waals surface area contributed by atoms with Crippen LogP contribution in [0.4, 0.5) is 0 Å². The molecule has 0 aliphatic rings. The van der Waals surface area contributed by atoms with Crippen molar-refractivity contribution in [1.29, 1.82) is 0 Å². The van der Waals surface area contributed by atoms with E-state index in [1.165, 1.54) is 161 Å². The molecule has 0 saturated heterocycles. The highest BCUT2D eigenvalue weighted by Crippen LogP contribution is 2.19. The largest absolute Gasteiger partial charge is 0.466 e. The molecule has 0 heterocycles. The molecule has 1 N–H and O–H groups in total. The molecule has 0 aromatic carbocycles. The SMILES string of the molecule is CCCCCCCCCCCOC(=O)CCCCCN(CCCCCCO)CCCCCCCC(=O)OC(CCCCCCCC)CCCCCCCC. The van der Waals surface area contributed by atoms with Crippen molar-refractivity contribution in [2.45, 2.75) is 264 Å². The number of carbonyl (C=O) groups is 2. The number of aliphatic hydroxyl groups is 1. The number of rotatable bonds is 45. The maximum absolute atomic E-state index is 12.8. The number of hydrogen-bond donors (Lipinski definition) is 1. The molecule has 0 bridgehead atoms. The van der Waals surface area contributed by atoms with Gasteiger partial charge in [0, 0.05) is 19.4 Å². The van der Waals surface area contributed by atoms with Crippen molar-refractivity contribution in [3.63, 3.8) is 0 Å². The number of carbonyl (C=O) groups excluding carboxylic acids is 2. The highest BCUT2D eigenvalue weighted by Gasteiger charge is 2.14. The summed E-state index contributed by atoms with van der Waals surface area (Å²) in [6.07, 6.45) is 43.4. The second kappa shape index (κ2) is 44.6. The second-order valence-electron chi connectivity index (χ2n) is 16.6. The molecule has 6 nitrogen and oxygen atoms in total. The molecule has 0 amide bonds. The molecule has 54 heavy (non-hydrogen) atoms. The van der Waals surface area contributed by atoms with E-state index < -0.39 is 0 Å². The van der Waals surface area contributed by atoms with Crippen LogP contribution in [0.3, 0.4) is 0 Å². The van der Waals surface area contributed by atoms with Gasteiger partial charge in [-0.1, -0.05) is 175 Å². The fraction of sp³-hybridized carbons (Fsp3) is 0.958. The van der Waals surface area contributed by atoms with Crippen molar-refractivity contribution in [2.24, 2.45) is 0 Å². The van der Waals surface area contributed by atoms with E-state index >= 15 is 0 Å². The van der Waals surface area contributed by atoms with Crippen molar-refractivity contribution < 1.29 is 24.2 Å². The van der Waals surface area contributed by atoms with Crippen LogP contribution in [0.15, 0.2) is 0 Å². The monoisotopic (exact) mass is 766 g/mol. The number of esters is 2. The molecule has 0 aliphatic heterocycles. The van der Waals surface area contributed by atoms with Gasteiger partial charge in [0.05, 0.1) is 6.61 Å². The van der Waals surface area contributed by atoms with E-state index in [9.17, 15) is 9.59 Å². The minimum atomic E-state index is -0.0234. The summed E-state index contributed by atoms with van der Waals surface area (Å²) < 4.78 is 11.6. The van der Waals surface area contributed by atoms with Gasteiger partial charge in [-0.2, -0.15) is 0 Å². The van der Waals surface area contributed by atoms with Crippen LogP contribution in [0, 0.1) is 0 Å². The maximum Gasteiger partial charge on any atom is 0.306 e. The summed E-state index contributed by atoms with van der Waals surface area (Å²) in [7, 11) is 0. The predicted molar refractivity (Wildman–Crippen MR) is 232 cm³/mol. The topological polar surface area (TPSA) is 76.1 Å². The molecule has 0 aromatic heterocycles. The summed E-state index contributed by atoms with van der Waals surface area (Å²) in [6.45, 7) is 11.0. The smallest absolute Gasteiger partial charge is 0.306 e. The van der Waals surface area contributed by atoms with E-state index in [-0.39, 0.29) is 18.0 Å². The van der Waals surface area contributed by atoms with Crippen LogP contribution < -0.4 is 0 Å². The molecule has 0 aromatic rings. The number of unbranched alkanes of at least 4 members (excludes halogenated alkanes) is 27. The first-order valence-electron chi connectivity index (χ1n) is 24.3. The molecule has 0 saturated carbocycles. The van der Waals surface area contributed by atoms with E-state index in [1.54, 1.807) is 0 Å². The molecular formula is C48H95NO5. The van der Waals surface area contributed by atoms with E-state index in [2.05, 4.69) is 25.7 Å². The molecule has 0 fully saturated rings. The van der Waals surface area contributed by atoms with Crippen LogP contribution >= 0.6 is 0 Å². The lowest BCUT2D eigenvalue weighted by atomic mass is 10.0. The van der Waals surface area contributed by atoms with Gasteiger partial charge in [-0.05, 0) is 90.3 Å². The number of hydrogen-bond acceptors (Lipinski definition) is 6. The first kappa shape index (κ1) is 52.9. The van der Waals surface area contributed by atoms with Crippen LogP contribution in [0.1, 0.15) is 258 Å². The normalized spacial score (nSPS) is 11.6. The Morgan fingerprint density at radius 2 is 0.778 bits per heavy atom. The van der Waals surface area contributed by atoms with Crippen LogP contribution in [0.5, 0.6) is 0 Å². The zero-order chi connectivity index (χ0) is 39.4. The third-order valence-corrected chi connectivity index (χ3v) is 11.2. The molecule has 0 spiro atoms. The zero-order valence-electron chi connectivity index (χ0n) is 36.8. The Balaban J connectivity index is 4.23. The van der Waals surface area contributed by atoms with Crippen molar-refractivity contribution in [2.75, 3.05) is 32.8 Å². The van der Waals surface area contributed by atoms with E-state index in [0.717, 1.165) is 83.8 Å². The fourth-order valence-corrected chi connectivity index (χ4v) is 7.54. The maximum atomic E-state index is 12.8. The average molecular weight is 766 g/mol. The first-order chi connectivity index (χ1) is 26.6. The number of nitrogens with zero attached hydrogens (tertiary/aromatic N) is 1. The van der Waals surface area contributed by atoms with Crippen LogP contribution in [-0.2, 0) is 19.1 Å². The Hall–Kier alpha value is -1.14. The summed E-state index contributed by atoms with van der Waals surface area (Å²) in [5.74, 6) is 0.00104. The van der Waals surface area contributed by atoms with Crippen molar-refractivity contribution in [1.82, 2.24) is 4.90 Å². The van der Waals surface area contributed by atoms with Gasteiger partial charge in [0.25, 0.3) is 0 Å². The average Bonchev–Trinajstić information content (AvgIpc) is 3.17. The van der Waals surface area contributed by atoms with Crippen molar-refractivity contribution in [3.05, 3.63) is 0 Å². The second-order valence-corrected chi connectivity index (χ2v) is 16.6. The van der Waals surface area contributed by atoms with E-state index in [0.29, 0.717) is 26.1 Å². The highest BCUT2D eigenvalue weighted by molar-refractivity contribution is 5.69. The number of ether oxygens (including phenoxy) is 2. The quantitative estimate of drug-likeness (QED) is 0.0491. The standard InChI is InChI=1S/C48H95NO5/c1-4-7-10-13-16-17-18-26-36-45-53-47(51)39-31-27-34-43-49(42-33-24-25-35-44-50)41-32-23-19-22-30-40-48(52)54-46(37-28-20-14-11-8-5-2)38-29-21-15-12-9-6-3/h46,50H,4-45H2,1-3H3. The van der Waals surface area contributed by atoms with Crippen molar-refractivity contribution >= 4 is 11.9 Å². The summed E-state index contributed by atoms with van der Waals surface area (Å²) in [5, 5.41) is 9.13. The molecular weight excluding hydrogens is 671 g/mol. The van der Waals surface area contributed by atoms with E-state index in [4.69, 9.17) is 14.6 Å². The number of aliphatic hydroxyl groups excluding tert-OH is 1. The van der Waals surface area contributed by atoms with E-state index in [1.807, 2.05) is 0 Å². The minimum absolute atomic E-state index is 0.0234. The summed E-state index contributed by atoms with van der Waals surface area (Å²) >= 11 is 0.